The van der Waals surface area contributed by atoms with Gasteiger partial charge in [0.2, 0.25) is 0 Å². The molecular formula is C22H22ClFN2O4. The van der Waals surface area contributed by atoms with Gasteiger partial charge in [0.25, 0.3) is 11.8 Å². The molecule has 0 saturated carbocycles. The third kappa shape index (κ3) is 5.36. The number of amides is 2. The van der Waals surface area contributed by atoms with Crippen LogP contribution in [-0.2, 0) is 14.3 Å². The lowest BCUT2D eigenvalue weighted by Crippen LogP contribution is -2.41. The van der Waals surface area contributed by atoms with E-state index in [1.54, 1.807) is 30.0 Å². The Kier molecular flexibility index (Phi) is 7.05. The molecule has 0 aromatic heterocycles. The summed E-state index contributed by atoms with van der Waals surface area (Å²) in [4.78, 5) is 38.4. The molecule has 2 aromatic carbocycles. The van der Waals surface area contributed by atoms with Gasteiger partial charge in [-0.2, -0.15) is 0 Å². The Morgan fingerprint density at radius 2 is 1.80 bits per heavy atom. The molecule has 30 heavy (non-hydrogen) atoms. The molecule has 0 unspecified atom stereocenters. The number of benzene rings is 2. The summed E-state index contributed by atoms with van der Waals surface area (Å²) < 4.78 is 18.2. The van der Waals surface area contributed by atoms with Gasteiger partial charge < -0.3 is 15.0 Å². The number of piperidine rings is 1. The normalized spacial score (nSPS) is 14.3. The van der Waals surface area contributed by atoms with Crippen LogP contribution in [0.25, 0.3) is 0 Å². The minimum atomic E-state index is -0.457. The lowest BCUT2D eigenvalue weighted by atomic mass is 9.96. The summed E-state index contributed by atoms with van der Waals surface area (Å²) >= 11 is 6.03. The van der Waals surface area contributed by atoms with Crippen LogP contribution >= 0.6 is 11.6 Å². The van der Waals surface area contributed by atoms with Crippen LogP contribution in [0, 0.1) is 18.7 Å². The van der Waals surface area contributed by atoms with Gasteiger partial charge in [-0.05, 0) is 61.7 Å². The molecule has 1 N–H and O–H groups in total. The second-order valence-electron chi connectivity index (χ2n) is 7.14. The molecule has 0 radical (unpaired) electrons. The predicted octanol–water partition coefficient (Wildman–Crippen LogP) is 3.82. The first-order chi connectivity index (χ1) is 14.3. The summed E-state index contributed by atoms with van der Waals surface area (Å²) in [6.45, 7) is 2.18. The fourth-order valence-electron chi connectivity index (χ4n) is 3.28. The van der Waals surface area contributed by atoms with E-state index in [0.29, 0.717) is 42.2 Å². The first-order valence-corrected chi connectivity index (χ1v) is 9.99. The minimum Gasteiger partial charge on any atom is -0.455 e. The molecular weight excluding hydrogens is 411 g/mol. The molecule has 8 heteroatoms. The zero-order valence-electron chi connectivity index (χ0n) is 16.5. The van der Waals surface area contributed by atoms with Crippen molar-refractivity contribution in [1.29, 1.82) is 0 Å². The molecule has 1 heterocycles. The Labute approximate surface area is 179 Å². The first-order valence-electron chi connectivity index (χ1n) is 9.61. The van der Waals surface area contributed by atoms with Crippen molar-refractivity contribution >= 4 is 35.1 Å². The third-order valence-electron chi connectivity index (χ3n) is 5.09. The largest absolute Gasteiger partial charge is 0.455 e. The van der Waals surface area contributed by atoms with Gasteiger partial charge in [-0.1, -0.05) is 17.7 Å². The van der Waals surface area contributed by atoms with E-state index in [2.05, 4.69) is 5.32 Å². The summed E-state index contributed by atoms with van der Waals surface area (Å²) in [5.74, 6) is -1.87. The van der Waals surface area contributed by atoms with Crippen molar-refractivity contribution in [3.8, 4) is 0 Å². The lowest BCUT2D eigenvalue weighted by Gasteiger charge is -2.31. The first kappa shape index (κ1) is 21.8. The summed E-state index contributed by atoms with van der Waals surface area (Å²) in [5, 5.41) is 3.21. The Morgan fingerprint density at radius 1 is 1.13 bits per heavy atom. The Balaban J connectivity index is 1.45. The minimum absolute atomic E-state index is 0.196. The predicted molar refractivity (Wildman–Crippen MR) is 111 cm³/mol. The number of esters is 1. The molecule has 158 valence electrons. The molecule has 6 nitrogen and oxygen atoms in total. The van der Waals surface area contributed by atoms with Crippen LogP contribution in [0.2, 0.25) is 5.02 Å². The Morgan fingerprint density at radius 3 is 2.47 bits per heavy atom. The number of nitrogens with zero attached hydrogens (tertiary/aromatic N) is 1. The average Bonchev–Trinajstić information content (AvgIpc) is 2.75. The van der Waals surface area contributed by atoms with Gasteiger partial charge in [0.15, 0.2) is 6.61 Å². The molecule has 1 fully saturated rings. The monoisotopic (exact) mass is 432 g/mol. The van der Waals surface area contributed by atoms with Gasteiger partial charge >= 0.3 is 5.97 Å². The maximum absolute atomic E-state index is 13.0. The molecule has 2 amide bonds. The molecule has 3 rings (SSSR count). The number of hydrogen-bond donors (Lipinski definition) is 1. The Bertz CT molecular complexity index is 941. The van der Waals surface area contributed by atoms with Gasteiger partial charge in [-0.15, -0.1) is 0 Å². The topological polar surface area (TPSA) is 75.7 Å². The number of likely N-dealkylation sites (tertiary alicyclic amines) is 1. The van der Waals surface area contributed by atoms with Gasteiger partial charge in [-0.25, -0.2) is 4.39 Å². The Hall–Kier alpha value is -2.93. The molecule has 0 aliphatic carbocycles. The summed E-state index contributed by atoms with van der Waals surface area (Å²) in [7, 11) is 0. The maximum atomic E-state index is 13.0. The maximum Gasteiger partial charge on any atom is 0.309 e. The molecule has 2 aromatic rings. The van der Waals surface area contributed by atoms with E-state index >= 15 is 0 Å². The number of rotatable bonds is 5. The second-order valence-corrected chi connectivity index (χ2v) is 7.55. The van der Waals surface area contributed by atoms with Gasteiger partial charge in [0.1, 0.15) is 5.82 Å². The highest BCUT2D eigenvalue weighted by Crippen LogP contribution is 2.23. The van der Waals surface area contributed by atoms with Crippen LogP contribution in [0.1, 0.15) is 28.8 Å². The SMILES string of the molecule is Cc1c(Cl)cccc1NC(=O)COC(=O)C1CCN(C(=O)c2ccc(F)cc2)CC1. The van der Waals surface area contributed by atoms with Crippen LogP contribution in [0.5, 0.6) is 0 Å². The summed E-state index contributed by atoms with van der Waals surface area (Å²) in [6.07, 6.45) is 0.890. The lowest BCUT2D eigenvalue weighted by molar-refractivity contribution is -0.152. The van der Waals surface area contributed by atoms with Crippen molar-refractivity contribution in [2.45, 2.75) is 19.8 Å². The number of carbonyl (C=O) groups is 3. The molecule has 0 bridgehead atoms. The van der Waals surface area contributed by atoms with Crippen LogP contribution in [-0.4, -0.2) is 42.4 Å². The number of nitrogens with one attached hydrogen (secondary N) is 1. The number of ether oxygens (including phenoxy) is 1. The number of hydrogen-bond acceptors (Lipinski definition) is 4. The van der Waals surface area contributed by atoms with Crippen LogP contribution < -0.4 is 5.32 Å². The highest BCUT2D eigenvalue weighted by molar-refractivity contribution is 6.31. The fourth-order valence-corrected chi connectivity index (χ4v) is 3.45. The van der Waals surface area contributed by atoms with Crippen molar-refractivity contribution in [2.75, 3.05) is 25.0 Å². The smallest absolute Gasteiger partial charge is 0.309 e. The van der Waals surface area contributed by atoms with Crippen LogP contribution in [0.4, 0.5) is 10.1 Å². The van der Waals surface area contributed by atoms with E-state index in [9.17, 15) is 18.8 Å². The van der Waals surface area contributed by atoms with Crippen molar-refractivity contribution in [1.82, 2.24) is 4.90 Å². The van der Waals surface area contributed by atoms with E-state index in [0.717, 1.165) is 5.56 Å². The van der Waals surface area contributed by atoms with Gasteiger partial charge in [0.05, 0.1) is 5.92 Å². The summed E-state index contributed by atoms with van der Waals surface area (Å²) in [5.41, 5.74) is 1.71. The molecule has 1 saturated heterocycles. The van der Waals surface area contributed by atoms with Crippen LogP contribution in [0.3, 0.4) is 0 Å². The average molecular weight is 433 g/mol. The standard InChI is InChI=1S/C22H22ClFN2O4/c1-14-18(23)3-2-4-19(14)25-20(27)13-30-22(29)16-9-11-26(12-10-16)21(28)15-5-7-17(24)8-6-15/h2-8,16H,9-13H2,1H3,(H,25,27). The van der Waals surface area contributed by atoms with Crippen LogP contribution in [0.15, 0.2) is 42.5 Å². The zero-order valence-corrected chi connectivity index (χ0v) is 17.2. The summed E-state index contributed by atoms with van der Waals surface area (Å²) in [6, 6.07) is 10.5. The van der Waals surface area contributed by atoms with Crippen molar-refractivity contribution in [3.05, 3.63) is 64.4 Å². The second kappa shape index (κ2) is 9.71. The van der Waals surface area contributed by atoms with Gasteiger partial charge in [-0.3, -0.25) is 14.4 Å². The molecule has 0 spiro atoms. The van der Waals surface area contributed by atoms with Crippen molar-refractivity contribution < 1.29 is 23.5 Å². The molecule has 0 atom stereocenters. The number of halogens is 2. The van der Waals surface area contributed by atoms with Crippen molar-refractivity contribution in [2.24, 2.45) is 5.92 Å². The number of carbonyl (C=O) groups excluding carboxylic acids is 3. The highest BCUT2D eigenvalue weighted by Gasteiger charge is 2.29. The van der Waals surface area contributed by atoms with Gasteiger partial charge in [0, 0.05) is 29.4 Å². The molecule has 1 aliphatic heterocycles. The van der Waals surface area contributed by atoms with E-state index in [1.165, 1.54) is 24.3 Å². The number of anilines is 1. The van der Waals surface area contributed by atoms with E-state index in [1.807, 2.05) is 0 Å². The highest BCUT2D eigenvalue weighted by atomic mass is 35.5. The third-order valence-corrected chi connectivity index (χ3v) is 5.50. The van der Waals surface area contributed by atoms with E-state index in [4.69, 9.17) is 16.3 Å². The van der Waals surface area contributed by atoms with Crippen molar-refractivity contribution in [3.63, 3.8) is 0 Å². The quantitative estimate of drug-likeness (QED) is 0.729. The zero-order chi connectivity index (χ0) is 21.7. The van der Waals surface area contributed by atoms with E-state index in [-0.39, 0.29) is 18.4 Å². The fraction of sp³-hybridized carbons (Fsp3) is 0.318. The van der Waals surface area contributed by atoms with E-state index < -0.39 is 17.7 Å². The molecule has 1 aliphatic rings.